The highest BCUT2D eigenvalue weighted by Gasteiger charge is 2.52. The first-order valence-electron chi connectivity index (χ1n) is 10.5. The van der Waals surface area contributed by atoms with Gasteiger partial charge >= 0.3 is 6.18 Å². The number of carbonyl (C=O) groups excluding carboxylic acids is 1. The Morgan fingerprint density at radius 2 is 2.03 bits per heavy atom. The molecule has 2 aliphatic rings. The molecule has 10 heteroatoms. The Morgan fingerprint density at radius 1 is 1.24 bits per heavy atom. The predicted molar refractivity (Wildman–Crippen MR) is 109 cm³/mol. The Kier molecular flexibility index (Phi) is 6.09. The van der Waals surface area contributed by atoms with Crippen molar-refractivity contribution in [2.75, 3.05) is 26.5 Å². The first-order valence-corrected chi connectivity index (χ1v) is 10.5. The summed E-state index contributed by atoms with van der Waals surface area (Å²) < 4.78 is 71.2. The van der Waals surface area contributed by atoms with Crippen molar-refractivity contribution in [1.29, 1.82) is 0 Å². The van der Waals surface area contributed by atoms with E-state index >= 15 is 0 Å². The fourth-order valence-electron chi connectivity index (χ4n) is 4.08. The van der Waals surface area contributed by atoms with Crippen LogP contribution in [0.25, 0.3) is 0 Å². The van der Waals surface area contributed by atoms with Gasteiger partial charge < -0.3 is 19.1 Å². The van der Waals surface area contributed by atoms with Crippen molar-refractivity contribution in [3.63, 3.8) is 0 Å². The molecule has 0 radical (unpaired) electrons. The van der Waals surface area contributed by atoms with Crippen LogP contribution in [0.1, 0.15) is 41.9 Å². The smallest absolute Gasteiger partial charge is 0.419 e. The van der Waals surface area contributed by atoms with E-state index in [2.05, 4.69) is 4.98 Å². The van der Waals surface area contributed by atoms with Crippen molar-refractivity contribution in [2.24, 2.45) is 0 Å². The van der Waals surface area contributed by atoms with Gasteiger partial charge in [-0.2, -0.15) is 13.2 Å². The maximum absolute atomic E-state index is 13.7. The van der Waals surface area contributed by atoms with Crippen molar-refractivity contribution >= 4 is 5.91 Å². The van der Waals surface area contributed by atoms with Gasteiger partial charge in [-0.1, -0.05) is 6.07 Å². The van der Waals surface area contributed by atoms with Gasteiger partial charge in [0.2, 0.25) is 0 Å². The molecule has 0 spiro atoms. The minimum absolute atomic E-state index is 0.0401. The Bertz CT molecular complexity index is 1010. The van der Waals surface area contributed by atoms with E-state index in [1.807, 2.05) is 12.1 Å². The van der Waals surface area contributed by atoms with Crippen LogP contribution in [0.5, 0.6) is 5.75 Å². The number of likely N-dealkylation sites (tertiary alicyclic amines) is 1. The molecule has 1 aromatic heterocycles. The molecule has 4 rings (SSSR count). The van der Waals surface area contributed by atoms with Crippen LogP contribution >= 0.6 is 0 Å². The number of halogens is 4. The van der Waals surface area contributed by atoms with Crippen LogP contribution in [0.15, 0.2) is 42.6 Å². The summed E-state index contributed by atoms with van der Waals surface area (Å²) in [6, 6.07) is 8.50. The fraction of sp³-hybridized carbons (Fsp3) is 0.478. The summed E-state index contributed by atoms with van der Waals surface area (Å²) in [6.07, 6.45) is -3.24. The van der Waals surface area contributed by atoms with Gasteiger partial charge in [-0.05, 0) is 44.2 Å². The molecule has 2 fully saturated rings. The van der Waals surface area contributed by atoms with E-state index in [0.29, 0.717) is 12.1 Å². The van der Waals surface area contributed by atoms with E-state index in [9.17, 15) is 22.4 Å². The number of benzene rings is 1. The average Bonchev–Trinajstić information content (AvgIpc) is 3.21. The number of ether oxygens (including phenoxy) is 3. The van der Waals surface area contributed by atoms with Crippen LogP contribution in [-0.2, 0) is 21.3 Å². The van der Waals surface area contributed by atoms with Gasteiger partial charge in [0.1, 0.15) is 36.5 Å². The highest BCUT2D eigenvalue weighted by molar-refractivity contribution is 5.94. The number of fused-ring (bicyclic) bond motifs is 1. The zero-order valence-electron chi connectivity index (χ0n) is 18.2. The standard InChI is InChI=1S/C23H24F4N2O4/c1-21(2,24)13-31-17-7-6-15(11-16(17)23(25,26)27)20(30)29-10-8-22(18-5-3-4-9-28-18)19(12-29)32-14-33-22/h3-7,9,11,19H,8,10,12-14H2,1-2H3/t19-,22-/m1/s1. The monoisotopic (exact) mass is 468 g/mol. The summed E-state index contributed by atoms with van der Waals surface area (Å²) >= 11 is 0. The second-order valence-corrected chi connectivity index (χ2v) is 8.74. The van der Waals surface area contributed by atoms with Gasteiger partial charge in [0.05, 0.1) is 17.8 Å². The molecule has 2 aliphatic heterocycles. The quantitative estimate of drug-likeness (QED) is 0.611. The number of hydrogen-bond donors (Lipinski definition) is 0. The number of alkyl halides is 4. The molecule has 0 saturated carbocycles. The predicted octanol–water partition coefficient (Wildman–Crippen LogP) is 4.34. The van der Waals surface area contributed by atoms with E-state index in [1.54, 1.807) is 12.3 Å². The van der Waals surface area contributed by atoms with Gasteiger partial charge in [-0.15, -0.1) is 0 Å². The van der Waals surface area contributed by atoms with E-state index in [1.165, 1.54) is 24.8 Å². The SMILES string of the molecule is CC(C)(F)COc1ccc(C(=O)N2CC[C@]3(c4ccccn4)OCO[C@@H]3C2)cc1C(F)(F)F. The number of hydrogen-bond acceptors (Lipinski definition) is 5. The molecule has 1 aromatic carbocycles. The minimum Gasteiger partial charge on any atom is -0.490 e. The largest absolute Gasteiger partial charge is 0.490 e. The zero-order valence-corrected chi connectivity index (χ0v) is 18.2. The van der Waals surface area contributed by atoms with Gasteiger partial charge in [-0.25, -0.2) is 4.39 Å². The van der Waals surface area contributed by atoms with Gasteiger partial charge in [0, 0.05) is 24.7 Å². The van der Waals surface area contributed by atoms with Crippen LogP contribution in [0.3, 0.4) is 0 Å². The summed E-state index contributed by atoms with van der Waals surface area (Å²) in [6.45, 7) is 2.29. The van der Waals surface area contributed by atoms with E-state index in [-0.39, 0.29) is 25.4 Å². The van der Waals surface area contributed by atoms with Gasteiger partial charge in [0.15, 0.2) is 0 Å². The molecule has 2 atom stereocenters. The number of carbonyl (C=O) groups is 1. The number of aromatic nitrogens is 1. The molecular formula is C23H24F4N2O4. The van der Waals surface area contributed by atoms with Crippen LogP contribution in [0.2, 0.25) is 0 Å². The summed E-state index contributed by atoms with van der Waals surface area (Å²) in [7, 11) is 0. The summed E-state index contributed by atoms with van der Waals surface area (Å²) in [5, 5.41) is 0. The molecule has 0 unspecified atom stereocenters. The van der Waals surface area contributed by atoms with E-state index in [0.717, 1.165) is 12.1 Å². The summed E-state index contributed by atoms with van der Waals surface area (Å²) in [5.41, 5.74) is -3.19. The minimum atomic E-state index is -4.77. The van der Waals surface area contributed by atoms with E-state index < -0.39 is 47.4 Å². The Labute approximate surface area is 188 Å². The highest BCUT2D eigenvalue weighted by atomic mass is 19.4. The molecule has 3 heterocycles. The highest BCUT2D eigenvalue weighted by Crippen LogP contribution is 2.42. The number of rotatable bonds is 5. The molecule has 178 valence electrons. The molecule has 0 bridgehead atoms. The summed E-state index contributed by atoms with van der Waals surface area (Å²) in [5.74, 6) is -1.09. The second kappa shape index (κ2) is 8.57. The van der Waals surface area contributed by atoms with Gasteiger partial charge in [-0.3, -0.25) is 9.78 Å². The number of pyridine rings is 1. The normalized spacial score (nSPS) is 23.3. The third kappa shape index (κ3) is 4.81. The van der Waals surface area contributed by atoms with Crippen molar-refractivity contribution in [1.82, 2.24) is 9.88 Å². The van der Waals surface area contributed by atoms with Crippen molar-refractivity contribution < 1.29 is 36.6 Å². The average molecular weight is 468 g/mol. The fourth-order valence-corrected chi connectivity index (χ4v) is 4.08. The third-order valence-corrected chi connectivity index (χ3v) is 5.73. The van der Waals surface area contributed by atoms with Crippen molar-refractivity contribution in [3.05, 3.63) is 59.4 Å². The lowest BCUT2D eigenvalue weighted by atomic mass is 9.85. The Hall–Kier alpha value is -2.72. The maximum Gasteiger partial charge on any atom is 0.419 e. The zero-order chi connectivity index (χ0) is 23.9. The molecule has 2 aromatic rings. The van der Waals surface area contributed by atoms with E-state index in [4.69, 9.17) is 14.2 Å². The molecule has 0 aliphatic carbocycles. The number of nitrogens with zero attached hydrogens (tertiary/aromatic N) is 2. The van der Waals surface area contributed by atoms with Gasteiger partial charge in [0.25, 0.3) is 5.91 Å². The molecule has 0 N–H and O–H groups in total. The molecule has 1 amide bonds. The molecular weight excluding hydrogens is 444 g/mol. The van der Waals surface area contributed by atoms with Crippen LogP contribution in [0.4, 0.5) is 17.6 Å². The first-order chi connectivity index (χ1) is 15.5. The van der Waals surface area contributed by atoms with Crippen LogP contribution in [-0.4, -0.2) is 54.1 Å². The van der Waals surface area contributed by atoms with Crippen molar-refractivity contribution in [3.8, 4) is 5.75 Å². The molecule has 6 nitrogen and oxygen atoms in total. The second-order valence-electron chi connectivity index (χ2n) is 8.74. The van der Waals surface area contributed by atoms with Crippen LogP contribution in [0, 0.1) is 0 Å². The lowest BCUT2D eigenvalue weighted by molar-refractivity contribution is -0.139. The molecule has 2 saturated heterocycles. The Balaban J connectivity index is 1.55. The number of amides is 1. The lowest BCUT2D eigenvalue weighted by Crippen LogP contribution is -2.53. The Morgan fingerprint density at radius 3 is 2.70 bits per heavy atom. The maximum atomic E-state index is 13.7. The van der Waals surface area contributed by atoms with Crippen molar-refractivity contribution in [2.45, 2.75) is 43.8 Å². The third-order valence-electron chi connectivity index (χ3n) is 5.73. The van der Waals surface area contributed by atoms with Crippen LogP contribution < -0.4 is 4.74 Å². The lowest BCUT2D eigenvalue weighted by Gasteiger charge is -2.41. The topological polar surface area (TPSA) is 60.9 Å². The number of piperidine rings is 1. The first kappa shape index (κ1) is 23.4. The molecule has 33 heavy (non-hydrogen) atoms. The summed E-state index contributed by atoms with van der Waals surface area (Å²) in [4.78, 5) is 18.9.